The number of nitrogens with zero attached hydrogens (tertiary/aromatic N) is 2. The van der Waals surface area contributed by atoms with Gasteiger partial charge in [0.1, 0.15) is 0 Å². The van der Waals surface area contributed by atoms with Gasteiger partial charge in [0.2, 0.25) is 0 Å². The van der Waals surface area contributed by atoms with E-state index in [1.54, 1.807) is 6.07 Å². The lowest BCUT2D eigenvalue weighted by Crippen LogP contribution is -2.36. The number of rotatable bonds is 7. The zero-order valence-corrected chi connectivity index (χ0v) is 12.3. The fourth-order valence-corrected chi connectivity index (χ4v) is 1.88. The van der Waals surface area contributed by atoms with Gasteiger partial charge in [-0.1, -0.05) is 0 Å². The van der Waals surface area contributed by atoms with Gasteiger partial charge in [-0.2, -0.15) is 0 Å². The van der Waals surface area contributed by atoms with Crippen LogP contribution < -0.4 is 10.1 Å². The van der Waals surface area contributed by atoms with Crippen molar-refractivity contribution in [2.75, 3.05) is 27.4 Å². The first-order chi connectivity index (χ1) is 10.1. The predicted molar refractivity (Wildman–Crippen MR) is 76.2 cm³/mol. The summed E-state index contributed by atoms with van der Waals surface area (Å²) >= 11 is 0. The molecule has 2 heterocycles. The molecule has 0 spiro atoms. The maximum Gasteiger partial charge on any atom is 0.258 e. The van der Waals surface area contributed by atoms with Crippen LogP contribution in [0.15, 0.2) is 24.5 Å². The van der Waals surface area contributed by atoms with E-state index in [1.165, 1.54) is 14.2 Å². The molecule has 0 aliphatic heterocycles. The van der Waals surface area contributed by atoms with E-state index in [0.717, 1.165) is 5.69 Å². The van der Waals surface area contributed by atoms with Crippen molar-refractivity contribution in [2.45, 2.75) is 13.2 Å². The van der Waals surface area contributed by atoms with Crippen molar-refractivity contribution < 1.29 is 19.0 Å². The van der Waals surface area contributed by atoms with E-state index in [1.807, 2.05) is 29.8 Å². The Balaban J connectivity index is 1.91. The zero-order chi connectivity index (χ0) is 15.2. The van der Waals surface area contributed by atoms with Gasteiger partial charge in [0.15, 0.2) is 24.3 Å². The van der Waals surface area contributed by atoms with Gasteiger partial charge in [-0.15, -0.1) is 0 Å². The molecule has 0 aliphatic rings. The van der Waals surface area contributed by atoms with Crippen molar-refractivity contribution in [3.63, 3.8) is 0 Å². The van der Waals surface area contributed by atoms with Crippen LogP contribution in [-0.4, -0.2) is 49.0 Å². The summed E-state index contributed by atoms with van der Waals surface area (Å²) in [5.74, 6) is 0.315. The Bertz CT molecular complexity index is 607. The molecule has 1 N–H and O–H groups in total. The van der Waals surface area contributed by atoms with Crippen LogP contribution in [-0.2, 0) is 14.3 Å². The lowest BCUT2D eigenvalue weighted by atomic mass is 10.4. The summed E-state index contributed by atoms with van der Waals surface area (Å²) in [7, 11) is 3.02. The molecule has 0 unspecified atom stereocenters. The van der Waals surface area contributed by atoms with Crippen molar-refractivity contribution in [2.24, 2.45) is 0 Å². The first-order valence-corrected chi connectivity index (χ1v) is 6.53. The van der Waals surface area contributed by atoms with E-state index < -0.39 is 6.29 Å². The Kier molecular flexibility index (Phi) is 5.13. The van der Waals surface area contributed by atoms with Gasteiger partial charge in [0.25, 0.3) is 5.91 Å². The number of aromatic nitrogens is 2. The number of nitrogens with one attached hydrogen (secondary N) is 1. The second-order valence-corrected chi connectivity index (χ2v) is 4.48. The highest BCUT2D eigenvalue weighted by Crippen LogP contribution is 2.18. The highest BCUT2D eigenvalue weighted by molar-refractivity contribution is 5.77. The van der Waals surface area contributed by atoms with Crippen molar-refractivity contribution in [3.05, 3.63) is 30.2 Å². The van der Waals surface area contributed by atoms with E-state index >= 15 is 0 Å². The second kappa shape index (κ2) is 7.05. The van der Waals surface area contributed by atoms with Crippen LogP contribution in [0.3, 0.4) is 0 Å². The molecular formula is C14H19N3O4. The Labute approximate surface area is 122 Å². The fraction of sp³-hybridized carbons (Fsp3) is 0.429. The summed E-state index contributed by atoms with van der Waals surface area (Å²) in [6.07, 6.45) is 3.31. The number of methoxy groups -OCH3 is 2. The average Bonchev–Trinajstić information content (AvgIpc) is 2.86. The molecule has 0 saturated heterocycles. The zero-order valence-electron chi connectivity index (χ0n) is 12.3. The third-order valence-electron chi connectivity index (χ3n) is 2.92. The molecule has 1 amide bonds. The number of imidazole rings is 1. The molecule has 7 nitrogen and oxygen atoms in total. The molecule has 2 aromatic heterocycles. The van der Waals surface area contributed by atoms with Crippen LogP contribution in [0.5, 0.6) is 5.75 Å². The monoisotopic (exact) mass is 293 g/mol. The minimum Gasteiger partial charge on any atom is -0.480 e. The lowest BCUT2D eigenvalue weighted by Gasteiger charge is -2.14. The number of amides is 1. The Morgan fingerprint density at radius 1 is 1.43 bits per heavy atom. The predicted octanol–water partition coefficient (Wildman–Crippen LogP) is 0.757. The average molecular weight is 293 g/mol. The summed E-state index contributed by atoms with van der Waals surface area (Å²) in [5.41, 5.74) is 1.58. The molecule has 0 saturated carbocycles. The minimum absolute atomic E-state index is 0.0915. The standard InChI is InChI=1S/C14H19N3O4/c1-10-8-17-6-4-5-11(14(17)16-10)21-9-12(18)15-7-13(19-2)20-3/h4-6,8,13H,7,9H2,1-3H3,(H,15,18). The van der Waals surface area contributed by atoms with Crippen molar-refractivity contribution in [1.29, 1.82) is 0 Å². The van der Waals surface area contributed by atoms with Crippen LogP contribution in [0.2, 0.25) is 0 Å². The molecule has 0 bridgehead atoms. The number of pyridine rings is 1. The first kappa shape index (κ1) is 15.3. The third-order valence-corrected chi connectivity index (χ3v) is 2.92. The second-order valence-electron chi connectivity index (χ2n) is 4.48. The largest absolute Gasteiger partial charge is 0.480 e. The topological polar surface area (TPSA) is 74.1 Å². The molecule has 0 aromatic carbocycles. The summed E-state index contributed by atoms with van der Waals surface area (Å²) in [5, 5.41) is 2.67. The Morgan fingerprint density at radius 3 is 2.90 bits per heavy atom. The van der Waals surface area contributed by atoms with Gasteiger partial charge in [-0.25, -0.2) is 4.98 Å². The minimum atomic E-state index is -0.465. The molecule has 0 atom stereocenters. The molecule has 114 valence electrons. The first-order valence-electron chi connectivity index (χ1n) is 6.53. The smallest absolute Gasteiger partial charge is 0.258 e. The lowest BCUT2D eigenvalue weighted by molar-refractivity contribution is -0.129. The van der Waals surface area contributed by atoms with E-state index in [2.05, 4.69) is 10.3 Å². The van der Waals surface area contributed by atoms with Crippen molar-refractivity contribution in [1.82, 2.24) is 14.7 Å². The molecule has 21 heavy (non-hydrogen) atoms. The maximum atomic E-state index is 11.7. The normalized spacial score (nSPS) is 11.0. The summed E-state index contributed by atoms with van der Waals surface area (Å²) in [6.45, 7) is 2.08. The Hall–Kier alpha value is -2.12. The van der Waals surface area contributed by atoms with Gasteiger partial charge in [0.05, 0.1) is 12.2 Å². The van der Waals surface area contributed by atoms with E-state index in [4.69, 9.17) is 14.2 Å². The van der Waals surface area contributed by atoms with Crippen LogP contribution in [0.4, 0.5) is 0 Å². The molecule has 0 fully saturated rings. The highest BCUT2D eigenvalue weighted by Gasteiger charge is 2.10. The van der Waals surface area contributed by atoms with Crippen molar-refractivity contribution >= 4 is 11.6 Å². The SMILES string of the molecule is COC(CNC(=O)COc1cccn2cc(C)nc12)OC. The summed E-state index contributed by atoms with van der Waals surface area (Å²) < 4.78 is 17.3. The highest BCUT2D eigenvalue weighted by atomic mass is 16.7. The third kappa shape index (κ3) is 3.93. The molecular weight excluding hydrogens is 274 g/mol. The maximum absolute atomic E-state index is 11.7. The van der Waals surface area contributed by atoms with Gasteiger partial charge in [-0.3, -0.25) is 4.79 Å². The quantitative estimate of drug-likeness (QED) is 0.763. The number of fused-ring (bicyclic) bond motifs is 1. The number of hydrogen-bond donors (Lipinski definition) is 1. The summed E-state index contributed by atoms with van der Waals surface area (Å²) in [6, 6.07) is 3.62. The van der Waals surface area contributed by atoms with Gasteiger partial charge < -0.3 is 23.9 Å². The van der Waals surface area contributed by atoms with Crippen LogP contribution >= 0.6 is 0 Å². The van der Waals surface area contributed by atoms with E-state index in [9.17, 15) is 4.79 Å². The summed E-state index contributed by atoms with van der Waals surface area (Å²) in [4.78, 5) is 16.1. The van der Waals surface area contributed by atoms with Crippen molar-refractivity contribution in [3.8, 4) is 5.75 Å². The molecule has 2 rings (SSSR count). The fourth-order valence-electron chi connectivity index (χ4n) is 1.88. The van der Waals surface area contributed by atoms with Gasteiger partial charge in [0, 0.05) is 26.6 Å². The molecule has 2 aromatic rings. The van der Waals surface area contributed by atoms with Crippen LogP contribution in [0, 0.1) is 6.92 Å². The Morgan fingerprint density at radius 2 is 2.19 bits per heavy atom. The number of carbonyl (C=O) groups is 1. The number of aryl methyl sites for hydroxylation is 1. The molecule has 0 aliphatic carbocycles. The van der Waals surface area contributed by atoms with E-state index in [0.29, 0.717) is 11.4 Å². The van der Waals surface area contributed by atoms with Gasteiger partial charge >= 0.3 is 0 Å². The molecule has 0 radical (unpaired) electrons. The van der Waals surface area contributed by atoms with E-state index in [-0.39, 0.29) is 19.1 Å². The van der Waals surface area contributed by atoms with Crippen LogP contribution in [0.1, 0.15) is 5.69 Å². The number of ether oxygens (including phenoxy) is 3. The van der Waals surface area contributed by atoms with Gasteiger partial charge in [-0.05, 0) is 19.1 Å². The van der Waals surface area contributed by atoms with Crippen LogP contribution in [0.25, 0.3) is 5.65 Å². The number of carbonyl (C=O) groups excluding carboxylic acids is 1. The molecule has 7 heteroatoms. The number of hydrogen-bond acceptors (Lipinski definition) is 5.